The molecule has 134 valence electrons. The van der Waals surface area contributed by atoms with Gasteiger partial charge in [0, 0.05) is 25.7 Å². The fourth-order valence-corrected chi connectivity index (χ4v) is 5.76. The molecule has 2 fully saturated rings. The van der Waals surface area contributed by atoms with E-state index in [0.29, 0.717) is 28.9 Å². The van der Waals surface area contributed by atoms with Gasteiger partial charge in [-0.25, -0.2) is 8.42 Å². The second-order valence-electron chi connectivity index (χ2n) is 7.03. The van der Waals surface area contributed by atoms with Crippen molar-refractivity contribution >= 4 is 10.0 Å². The van der Waals surface area contributed by atoms with E-state index in [2.05, 4.69) is 15.1 Å². The highest BCUT2D eigenvalue weighted by molar-refractivity contribution is 7.89. The minimum Gasteiger partial charge on any atom is -0.297 e. The van der Waals surface area contributed by atoms with Gasteiger partial charge in [-0.05, 0) is 32.3 Å². The minimum absolute atomic E-state index is 0.158. The van der Waals surface area contributed by atoms with Crippen molar-refractivity contribution in [3.05, 3.63) is 47.3 Å². The first kappa shape index (κ1) is 16.8. The van der Waals surface area contributed by atoms with Gasteiger partial charge in [-0.15, -0.1) is 0 Å². The van der Waals surface area contributed by atoms with E-state index in [-0.39, 0.29) is 6.04 Å². The second kappa shape index (κ2) is 6.23. The molecule has 1 aromatic heterocycles. The first-order valence-electron chi connectivity index (χ1n) is 8.81. The zero-order valence-electron chi connectivity index (χ0n) is 14.6. The summed E-state index contributed by atoms with van der Waals surface area (Å²) >= 11 is 0. The number of aromatic nitrogens is 2. The van der Waals surface area contributed by atoms with Crippen LogP contribution in [-0.4, -0.2) is 53.5 Å². The maximum atomic E-state index is 13.4. The zero-order valence-corrected chi connectivity index (χ0v) is 15.5. The summed E-state index contributed by atoms with van der Waals surface area (Å²) in [7, 11) is -3.59. The number of nitrogens with one attached hydrogen (secondary N) is 1. The fraction of sp³-hybridized carbons (Fsp3) is 0.500. The number of benzene rings is 1. The lowest BCUT2D eigenvalue weighted by molar-refractivity contribution is 0.128. The van der Waals surface area contributed by atoms with Crippen LogP contribution in [0.3, 0.4) is 0 Å². The van der Waals surface area contributed by atoms with E-state index >= 15 is 0 Å². The molecule has 25 heavy (non-hydrogen) atoms. The molecule has 0 amide bonds. The number of sulfonamides is 1. The molecule has 1 saturated heterocycles. The van der Waals surface area contributed by atoms with Crippen LogP contribution in [0.2, 0.25) is 0 Å². The summed E-state index contributed by atoms with van der Waals surface area (Å²) in [6.45, 7) is 5.58. The van der Waals surface area contributed by atoms with Crippen LogP contribution in [0, 0.1) is 13.8 Å². The molecule has 0 bridgehead atoms. The quantitative estimate of drug-likeness (QED) is 0.908. The van der Waals surface area contributed by atoms with Crippen molar-refractivity contribution < 1.29 is 8.42 Å². The Kier molecular flexibility index (Phi) is 4.17. The number of piperazine rings is 1. The van der Waals surface area contributed by atoms with Crippen LogP contribution < -0.4 is 0 Å². The average Bonchev–Trinajstić information content (AvgIpc) is 3.40. The number of hydrogen-bond donors (Lipinski definition) is 1. The summed E-state index contributed by atoms with van der Waals surface area (Å²) in [6, 6.07) is 10.4. The Balaban J connectivity index is 1.73. The Hall–Kier alpha value is -1.70. The zero-order chi connectivity index (χ0) is 17.6. The maximum Gasteiger partial charge on any atom is 0.247 e. The van der Waals surface area contributed by atoms with Gasteiger partial charge in [0.15, 0.2) is 0 Å². The standard InChI is InChI=1S/C18H24N4O2S/c1-13-18(14(2)20-19-13)25(23,24)22-11-10-21(16-8-9-16)12-17(22)15-6-4-3-5-7-15/h3-7,16-17H,8-12H2,1-2H3,(H,19,20). The smallest absolute Gasteiger partial charge is 0.247 e. The molecule has 1 atom stereocenters. The normalized spacial score (nSPS) is 23.0. The molecule has 1 N–H and O–H groups in total. The van der Waals surface area contributed by atoms with E-state index < -0.39 is 10.0 Å². The molecule has 4 rings (SSSR count). The molecule has 1 aliphatic carbocycles. The van der Waals surface area contributed by atoms with Gasteiger partial charge in [0.1, 0.15) is 4.90 Å². The molecule has 7 heteroatoms. The molecule has 1 aromatic carbocycles. The SMILES string of the molecule is Cc1n[nH]c(C)c1S(=O)(=O)N1CCN(C2CC2)CC1c1ccccc1. The van der Waals surface area contributed by atoms with E-state index in [1.807, 2.05) is 30.3 Å². The van der Waals surface area contributed by atoms with Crippen molar-refractivity contribution in [3.8, 4) is 0 Å². The van der Waals surface area contributed by atoms with Gasteiger partial charge in [-0.3, -0.25) is 10.00 Å². The maximum absolute atomic E-state index is 13.4. The van der Waals surface area contributed by atoms with E-state index in [1.54, 1.807) is 18.2 Å². The third-order valence-corrected chi connectivity index (χ3v) is 7.41. The van der Waals surface area contributed by atoms with Crippen LogP contribution in [0.15, 0.2) is 35.2 Å². The number of nitrogens with zero attached hydrogens (tertiary/aromatic N) is 3. The van der Waals surface area contributed by atoms with Crippen LogP contribution >= 0.6 is 0 Å². The molecule has 2 heterocycles. The molecule has 2 aromatic rings. The first-order valence-corrected chi connectivity index (χ1v) is 10.2. The topological polar surface area (TPSA) is 69.3 Å². The number of aryl methyl sites for hydroxylation is 2. The minimum atomic E-state index is -3.59. The van der Waals surface area contributed by atoms with Crippen molar-refractivity contribution in [3.63, 3.8) is 0 Å². The number of hydrogen-bond acceptors (Lipinski definition) is 4. The van der Waals surface area contributed by atoms with Gasteiger partial charge in [0.05, 0.1) is 17.4 Å². The molecule has 1 unspecified atom stereocenters. The van der Waals surface area contributed by atoms with Gasteiger partial charge in [-0.2, -0.15) is 9.40 Å². The van der Waals surface area contributed by atoms with Gasteiger partial charge in [0.25, 0.3) is 0 Å². The van der Waals surface area contributed by atoms with E-state index in [0.717, 1.165) is 18.7 Å². The fourth-order valence-electron chi connectivity index (χ4n) is 3.83. The summed E-state index contributed by atoms with van der Waals surface area (Å²) in [5, 5.41) is 6.89. The summed E-state index contributed by atoms with van der Waals surface area (Å²) in [5.74, 6) is 0. The van der Waals surface area contributed by atoms with Crippen LogP contribution in [-0.2, 0) is 10.0 Å². The lowest BCUT2D eigenvalue weighted by Crippen LogP contribution is -2.51. The molecule has 2 aliphatic rings. The molecule has 6 nitrogen and oxygen atoms in total. The van der Waals surface area contributed by atoms with Gasteiger partial charge < -0.3 is 0 Å². The van der Waals surface area contributed by atoms with Crippen LogP contribution in [0.25, 0.3) is 0 Å². The Bertz CT molecular complexity index is 839. The van der Waals surface area contributed by atoms with E-state index in [4.69, 9.17) is 0 Å². The molecular formula is C18H24N4O2S. The third kappa shape index (κ3) is 3.01. The highest BCUT2D eigenvalue weighted by Crippen LogP contribution is 2.37. The Morgan fingerprint density at radius 2 is 1.84 bits per heavy atom. The highest BCUT2D eigenvalue weighted by Gasteiger charge is 2.42. The van der Waals surface area contributed by atoms with Crippen molar-refractivity contribution in [2.75, 3.05) is 19.6 Å². The Morgan fingerprint density at radius 3 is 2.44 bits per heavy atom. The van der Waals surface area contributed by atoms with Gasteiger partial charge >= 0.3 is 0 Å². The van der Waals surface area contributed by atoms with Crippen molar-refractivity contribution in [2.24, 2.45) is 0 Å². The van der Waals surface area contributed by atoms with Crippen molar-refractivity contribution in [2.45, 2.75) is 43.7 Å². The molecule has 1 saturated carbocycles. The summed E-state index contributed by atoms with van der Waals surface area (Å²) < 4.78 is 28.5. The van der Waals surface area contributed by atoms with E-state index in [1.165, 1.54) is 12.8 Å². The predicted octanol–water partition coefficient (Wildman–Crippen LogP) is 2.24. The summed E-state index contributed by atoms with van der Waals surface area (Å²) in [5.41, 5.74) is 2.19. The predicted molar refractivity (Wildman–Crippen MR) is 95.7 cm³/mol. The van der Waals surface area contributed by atoms with Crippen LogP contribution in [0.5, 0.6) is 0 Å². The van der Waals surface area contributed by atoms with Crippen molar-refractivity contribution in [1.82, 2.24) is 19.4 Å². The highest BCUT2D eigenvalue weighted by atomic mass is 32.2. The largest absolute Gasteiger partial charge is 0.297 e. The van der Waals surface area contributed by atoms with Crippen molar-refractivity contribution in [1.29, 1.82) is 0 Å². The monoisotopic (exact) mass is 360 g/mol. The lowest BCUT2D eigenvalue weighted by atomic mass is 10.0. The van der Waals surface area contributed by atoms with Gasteiger partial charge in [-0.1, -0.05) is 30.3 Å². The number of rotatable bonds is 4. The lowest BCUT2D eigenvalue weighted by Gasteiger charge is -2.41. The molecule has 0 radical (unpaired) electrons. The average molecular weight is 360 g/mol. The Labute approximate surface area is 148 Å². The number of aromatic amines is 1. The van der Waals surface area contributed by atoms with E-state index in [9.17, 15) is 8.42 Å². The summed E-state index contributed by atoms with van der Waals surface area (Å²) in [6.07, 6.45) is 2.46. The molecular weight excluding hydrogens is 336 g/mol. The molecule has 1 aliphatic heterocycles. The van der Waals surface area contributed by atoms with Crippen LogP contribution in [0.4, 0.5) is 0 Å². The Morgan fingerprint density at radius 1 is 1.12 bits per heavy atom. The first-order chi connectivity index (χ1) is 12.0. The second-order valence-corrected chi connectivity index (χ2v) is 8.86. The van der Waals surface area contributed by atoms with Crippen LogP contribution in [0.1, 0.15) is 35.8 Å². The summed E-state index contributed by atoms with van der Waals surface area (Å²) in [4.78, 5) is 2.77. The van der Waals surface area contributed by atoms with Gasteiger partial charge in [0.2, 0.25) is 10.0 Å². The molecule has 0 spiro atoms. The third-order valence-electron chi connectivity index (χ3n) is 5.24. The number of H-pyrrole nitrogens is 1.